The molecule has 1 aromatic carbocycles. The fourth-order valence-corrected chi connectivity index (χ4v) is 3.67. The molecule has 1 heterocycles. The molecule has 94 valence electrons. The maximum absolute atomic E-state index is 14.4. The van der Waals surface area contributed by atoms with Crippen LogP contribution in [0.2, 0.25) is 0 Å². The zero-order valence-corrected chi connectivity index (χ0v) is 10.2. The van der Waals surface area contributed by atoms with Crippen LogP contribution >= 0.6 is 0 Å². The van der Waals surface area contributed by atoms with E-state index in [1.54, 1.807) is 12.1 Å². The van der Waals surface area contributed by atoms with Gasteiger partial charge in [0, 0.05) is 6.42 Å². The van der Waals surface area contributed by atoms with Crippen LogP contribution in [0.1, 0.15) is 18.4 Å². The van der Waals surface area contributed by atoms with Gasteiger partial charge in [-0.25, -0.2) is 12.8 Å². The molecule has 0 spiro atoms. The number of halogens is 1. The molecule has 1 aliphatic heterocycles. The van der Waals surface area contributed by atoms with Gasteiger partial charge < -0.3 is 5.11 Å². The van der Waals surface area contributed by atoms with Crippen LogP contribution in [0, 0.1) is 0 Å². The number of aromatic hydroxyl groups is 1. The third kappa shape index (κ3) is 3.19. The standard InChI is InChI=1S/C12H15FO3S/c13-12(4-6-17(15,16)7-5-12)9-10-2-1-3-11(14)8-10/h1-3,8,14H,4-7,9H2. The monoisotopic (exact) mass is 258 g/mol. The second-order valence-corrected chi connectivity index (χ2v) is 6.95. The highest BCUT2D eigenvalue weighted by Crippen LogP contribution is 2.32. The van der Waals surface area contributed by atoms with Gasteiger partial charge in [-0.05, 0) is 30.5 Å². The fraction of sp³-hybridized carbons (Fsp3) is 0.500. The molecule has 3 nitrogen and oxygen atoms in total. The highest BCUT2D eigenvalue weighted by atomic mass is 32.2. The first-order chi connectivity index (χ1) is 7.89. The van der Waals surface area contributed by atoms with E-state index in [1.807, 2.05) is 0 Å². The minimum atomic E-state index is -3.04. The Morgan fingerprint density at radius 1 is 1.29 bits per heavy atom. The van der Waals surface area contributed by atoms with Crippen molar-refractivity contribution in [1.82, 2.24) is 0 Å². The highest BCUT2D eigenvalue weighted by molar-refractivity contribution is 7.91. The van der Waals surface area contributed by atoms with Crippen molar-refractivity contribution in [2.75, 3.05) is 11.5 Å². The quantitative estimate of drug-likeness (QED) is 0.880. The summed E-state index contributed by atoms with van der Waals surface area (Å²) in [6, 6.07) is 6.45. The molecular formula is C12H15FO3S. The van der Waals surface area contributed by atoms with Gasteiger partial charge in [-0.15, -0.1) is 0 Å². The molecule has 5 heteroatoms. The van der Waals surface area contributed by atoms with Crippen molar-refractivity contribution < 1.29 is 17.9 Å². The predicted molar refractivity (Wildman–Crippen MR) is 63.5 cm³/mol. The van der Waals surface area contributed by atoms with Crippen LogP contribution in [0.25, 0.3) is 0 Å². The van der Waals surface area contributed by atoms with E-state index in [4.69, 9.17) is 0 Å². The lowest BCUT2D eigenvalue weighted by Crippen LogP contribution is -2.37. The first kappa shape index (κ1) is 12.4. The summed E-state index contributed by atoms with van der Waals surface area (Å²) >= 11 is 0. The van der Waals surface area contributed by atoms with Crippen molar-refractivity contribution in [3.05, 3.63) is 29.8 Å². The average molecular weight is 258 g/mol. The Balaban J connectivity index is 2.09. The van der Waals surface area contributed by atoms with Crippen molar-refractivity contribution in [3.63, 3.8) is 0 Å². The molecule has 0 aromatic heterocycles. The number of phenols is 1. The molecule has 1 N–H and O–H groups in total. The molecule has 1 saturated heterocycles. The summed E-state index contributed by atoms with van der Waals surface area (Å²) in [5, 5.41) is 9.29. The first-order valence-corrected chi connectivity index (χ1v) is 7.38. The number of benzene rings is 1. The van der Waals surface area contributed by atoms with Crippen molar-refractivity contribution in [2.45, 2.75) is 24.9 Å². The molecule has 0 amide bonds. The summed E-state index contributed by atoms with van der Waals surface area (Å²) in [5.41, 5.74) is -0.758. The molecule has 1 aliphatic rings. The third-order valence-corrected chi connectivity index (χ3v) is 4.81. The molecule has 0 unspecified atom stereocenters. The molecule has 0 saturated carbocycles. The Kier molecular flexibility index (Phi) is 3.12. The normalized spacial score (nSPS) is 22.2. The van der Waals surface area contributed by atoms with Crippen molar-refractivity contribution in [3.8, 4) is 5.75 Å². The number of hydrogen-bond donors (Lipinski definition) is 1. The predicted octanol–water partition coefficient (Wildman–Crippen LogP) is 1.85. The number of sulfone groups is 1. The first-order valence-electron chi connectivity index (χ1n) is 5.56. The van der Waals surface area contributed by atoms with Gasteiger partial charge in [0.25, 0.3) is 0 Å². The summed E-state index contributed by atoms with van der Waals surface area (Å²) in [7, 11) is -3.04. The lowest BCUT2D eigenvalue weighted by Gasteiger charge is -2.29. The van der Waals surface area contributed by atoms with Crippen molar-refractivity contribution in [2.24, 2.45) is 0 Å². The Bertz CT molecular complexity index is 496. The van der Waals surface area contributed by atoms with Crippen LogP contribution in [0.4, 0.5) is 4.39 Å². The van der Waals surface area contributed by atoms with Gasteiger partial charge in [-0.3, -0.25) is 0 Å². The van der Waals surface area contributed by atoms with Crippen LogP contribution in [0.3, 0.4) is 0 Å². The van der Waals surface area contributed by atoms with E-state index in [1.165, 1.54) is 12.1 Å². The smallest absolute Gasteiger partial charge is 0.150 e. The Labute approximate surface area is 100 Å². The van der Waals surface area contributed by atoms with Gasteiger partial charge >= 0.3 is 0 Å². The fourth-order valence-electron chi connectivity index (χ4n) is 2.11. The van der Waals surface area contributed by atoms with E-state index in [0.29, 0.717) is 5.56 Å². The Morgan fingerprint density at radius 3 is 2.53 bits per heavy atom. The van der Waals surface area contributed by atoms with Gasteiger partial charge in [0.1, 0.15) is 11.4 Å². The van der Waals surface area contributed by atoms with E-state index >= 15 is 0 Å². The van der Waals surface area contributed by atoms with Crippen LogP contribution < -0.4 is 0 Å². The lowest BCUT2D eigenvalue weighted by molar-refractivity contribution is 0.147. The Morgan fingerprint density at radius 2 is 1.94 bits per heavy atom. The van der Waals surface area contributed by atoms with Gasteiger partial charge in [-0.1, -0.05) is 12.1 Å². The van der Waals surface area contributed by atoms with Crippen LogP contribution in [0.15, 0.2) is 24.3 Å². The van der Waals surface area contributed by atoms with E-state index in [2.05, 4.69) is 0 Å². The van der Waals surface area contributed by atoms with E-state index < -0.39 is 15.5 Å². The zero-order valence-electron chi connectivity index (χ0n) is 9.39. The molecule has 2 rings (SSSR count). The summed E-state index contributed by atoms with van der Waals surface area (Å²) in [5.74, 6) is -0.0560. The summed E-state index contributed by atoms with van der Waals surface area (Å²) in [4.78, 5) is 0. The van der Waals surface area contributed by atoms with Gasteiger partial charge in [0.05, 0.1) is 11.5 Å². The van der Waals surface area contributed by atoms with Crippen LogP contribution in [-0.2, 0) is 16.3 Å². The Hall–Kier alpha value is -1.10. The van der Waals surface area contributed by atoms with Crippen molar-refractivity contribution >= 4 is 9.84 Å². The molecule has 0 aliphatic carbocycles. The topological polar surface area (TPSA) is 54.4 Å². The summed E-state index contributed by atoms with van der Waals surface area (Å²) in [6.07, 6.45) is 0.257. The maximum Gasteiger partial charge on any atom is 0.150 e. The second kappa shape index (κ2) is 4.29. The van der Waals surface area contributed by atoms with Crippen molar-refractivity contribution in [1.29, 1.82) is 0 Å². The molecule has 0 atom stereocenters. The number of alkyl halides is 1. The minimum Gasteiger partial charge on any atom is -0.508 e. The third-order valence-electron chi connectivity index (χ3n) is 3.15. The summed E-state index contributed by atoms with van der Waals surface area (Å²) in [6.45, 7) is 0. The minimum absolute atomic E-state index is 0.0466. The molecular weight excluding hydrogens is 243 g/mol. The van der Waals surface area contributed by atoms with Gasteiger partial charge in [0.2, 0.25) is 0 Å². The molecule has 1 aromatic rings. The molecule has 1 fully saturated rings. The number of phenolic OH excluding ortho intramolecular Hbond substituents is 1. The van der Waals surface area contributed by atoms with Crippen LogP contribution in [0.5, 0.6) is 5.75 Å². The van der Waals surface area contributed by atoms with E-state index in [9.17, 15) is 17.9 Å². The second-order valence-electron chi connectivity index (χ2n) is 4.65. The zero-order chi connectivity index (χ0) is 12.5. The number of hydrogen-bond acceptors (Lipinski definition) is 3. The van der Waals surface area contributed by atoms with Gasteiger partial charge in [-0.2, -0.15) is 0 Å². The van der Waals surface area contributed by atoms with Crippen LogP contribution in [-0.4, -0.2) is 30.7 Å². The largest absolute Gasteiger partial charge is 0.508 e. The van der Waals surface area contributed by atoms with Gasteiger partial charge in [0.15, 0.2) is 9.84 Å². The molecule has 0 bridgehead atoms. The highest BCUT2D eigenvalue weighted by Gasteiger charge is 2.37. The maximum atomic E-state index is 14.4. The average Bonchev–Trinajstić information content (AvgIpc) is 2.24. The molecule has 17 heavy (non-hydrogen) atoms. The SMILES string of the molecule is O=S1(=O)CCC(F)(Cc2cccc(O)c2)CC1. The van der Waals surface area contributed by atoms with E-state index in [0.717, 1.165) is 0 Å². The molecule has 0 radical (unpaired) electrons. The van der Waals surface area contributed by atoms with E-state index in [-0.39, 0.29) is 36.5 Å². The number of rotatable bonds is 2. The summed E-state index contributed by atoms with van der Waals surface area (Å²) < 4.78 is 36.9. The lowest BCUT2D eigenvalue weighted by atomic mass is 9.91.